The topological polar surface area (TPSA) is 35.2 Å². The molecule has 2 heteroatoms. The molecule has 2 nitrogen and oxygen atoms in total. The first-order valence-corrected chi connectivity index (χ1v) is 7.23. The number of hydrogen-bond donors (Lipinski definition) is 1. The van der Waals surface area contributed by atoms with Crippen LogP contribution >= 0.6 is 0 Å². The highest BCUT2D eigenvalue weighted by molar-refractivity contribution is 5.20. The Hall–Kier alpha value is -1.02. The van der Waals surface area contributed by atoms with Gasteiger partial charge in [0.1, 0.15) is 5.75 Å². The van der Waals surface area contributed by atoms with Crippen LogP contribution in [0, 0.1) is 5.41 Å². The van der Waals surface area contributed by atoms with Crippen LogP contribution in [-0.4, -0.2) is 13.2 Å². The van der Waals surface area contributed by atoms with Crippen LogP contribution < -0.4 is 10.5 Å². The molecule has 0 aromatic heterocycles. The summed E-state index contributed by atoms with van der Waals surface area (Å²) in [6, 6.07) is 10.1. The smallest absolute Gasteiger partial charge is 0.119 e. The van der Waals surface area contributed by atoms with Crippen LogP contribution in [0.1, 0.15) is 44.9 Å². The predicted molar refractivity (Wildman–Crippen MR) is 75.7 cm³/mol. The molecule has 1 fully saturated rings. The quantitative estimate of drug-likeness (QED) is 0.777. The standard InChI is InChI=1S/C16H25NO/c17-14-16(10-5-2-6-11-16)12-7-13-18-15-8-3-1-4-9-15/h1,3-4,8-9H,2,5-7,10-14,17H2. The lowest BCUT2D eigenvalue weighted by molar-refractivity contribution is 0.164. The molecule has 0 bridgehead atoms. The molecule has 0 radical (unpaired) electrons. The average molecular weight is 247 g/mol. The maximum Gasteiger partial charge on any atom is 0.119 e. The van der Waals surface area contributed by atoms with Crippen molar-refractivity contribution >= 4 is 0 Å². The summed E-state index contributed by atoms with van der Waals surface area (Å²) in [5.41, 5.74) is 6.41. The van der Waals surface area contributed by atoms with Crippen molar-refractivity contribution in [2.75, 3.05) is 13.2 Å². The first-order valence-electron chi connectivity index (χ1n) is 7.23. The van der Waals surface area contributed by atoms with Gasteiger partial charge in [0.05, 0.1) is 6.61 Å². The van der Waals surface area contributed by atoms with Crippen LogP contribution in [0.25, 0.3) is 0 Å². The summed E-state index contributed by atoms with van der Waals surface area (Å²) in [7, 11) is 0. The number of benzene rings is 1. The summed E-state index contributed by atoms with van der Waals surface area (Å²) in [4.78, 5) is 0. The van der Waals surface area contributed by atoms with Gasteiger partial charge in [0, 0.05) is 0 Å². The Kier molecular flexibility index (Phi) is 5.06. The lowest BCUT2D eigenvalue weighted by Gasteiger charge is -2.36. The molecule has 0 amide bonds. The molecule has 1 aromatic rings. The van der Waals surface area contributed by atoms with E-state index >= 15 is 0 Å². The highest BCUT2D eigenvalue weighted by Crippen LogP contribution is 2.39. The van der Waals surface area contributed by atoms with Gasteiger partial charge in [-0.15, -0.1) is 0 Å². The average Bonchev–Trinajstić information content (AvgIpc) is 2.46. The molecular weight excluding hydrogens is 222 g/mol. The molecule has 0 unspecified atom stereocenters. The van der Waals surface area contributed by atoms with Gasteiger partial charge >= 0.3 is 0 Å². The molecule has 0 atom stereocenters. The van der Waals surface area contributed by atoms with Gasteiger partial charge in [-0.05, 0) is 49.8 Å². The number of rotatable bonds is 6. The summed E-state index contributed by atoms with van der Waals surface area (Å²) in [6.45, 7) is 1.66. The van der Waals surface area contributed by atoms with E-state index in [4.69, 9.17) is 10.5 Å². The fourth-order valence-electron chi connectivity index (χ4n) is 3.01. The van der Waals surface area contributed by atoms with Crippen LogP contribution in [-0.2, 0) is 0 Å². The second-order valence-corrected chi connectivity index (χ2v) is 5.53. The third-order valence-electron chi connectivity index (χ3n) is 4.21. The Morgan fingerprint density at radius 1 is 1.06 bits per heavy atom. The summed E-state index contributed by atoms with van der Waals surface area (Å²) < 4.78 is 5.75. The zero-order valence-corrected chi connectivity index (χ0v) is 11.2. The molecule has 1 aromatic carbocycles. The Labute approximate surface area is 111 Å². The van der Waals surface area contributed by atoms with Crippen LogP contribution in [0.15, 0.2) is 30.3 Å². The highest BCUT2D eigenvalue weighted by atomic mass is 16.5. The zero-order chi connectivity index (χ0) is 12.7. The monoisotopic (exact) mass is 247 g/mol. The van der Waals surface area contributed by atoms with Gasteiger partial charge in [-0.1, -0.05) is 37.5 Å². The zero-order valence-electron chi connectivity index (χ0n) is 11.2. The van der Waals surface area contributed by atoms with Crippen molar-refractivity contribution in [2.45, 2.75) is 44.9 Å². The van der Waals surface area contributed by atoms with Gasteiger partial charge < -0.3 is 10.5 Å². The molecule has 100 valence electrons. The van der Waals surface area contributed by atoms with Gasteiger partial charge in [0.2, 0.25) is 0 Å². The molecule has 2 N–H and O–H groups in total. The largest absolute Gasteiger partial charge is 0.494 e. The molecule has 0 spiro atoms. The third kappa shape index (κ3) is 3.74. The minimum Gasteiger partial charge on any atom is -0.494 e. The number of hydrogen-bond acceptors (Lipinski definition) is 2. The van der Waals surface area contributed by atoms with E-state index in [-0.39, 0.29) is 0 Å². The third-order valence-corrected chi connectivity index (χ3v) is 4.21. The lowest BCUT2D eigenvalue weighted by atomic mass is 9.71. The van der Waals surface area contributed by atoms with E-state index < -0.39 is 0 Å². The van der Waals surface area contributed by atoms with E-state index in [1.807, 2.05) is 30.3 Å². The Balaban J connectivity index is 1.71. The summed E-state index contributed by atoms with van der Waals surface area (Å²) in [5.74, 6) is 0.975. The van der Waals surface area contributed by atoms with E-state index in [1.165, 1.54) is 38.5 Å². The van der Waals surface area contributed by atoms with Gasteiger partial charge in [0.15, 0.2) is 0 Å². The Bertz CT molecular complexity index is 330. The maximum atomic E-state index is 5.99. The van der Waals surface area contributed by atoms with Gasteiger partial charge in [0.25, 0.3) is 0 Å². The fraction of sp³-hybridized carbons (Fsp3) is 0.625. The molecule has 0 heterocycles. The summed E-state index contributed by atoms with van der Waals surface area (Å²) >= 11 is 0. The fourth-order valence-corrected chi connectivity index (χ4v) is 3.01. The molecule has 18 heavy (non-hydrogen) atoms. The van der Waals surface area contributed by atoms with E-state index in [2.05, 4.69) is 0 Å². The molecule has 1 aliphatic carbocycles. The SMILES string of the molecule is NCC1(CCCOc2ccccc2)CCCCC1. The summed E-state index contributed by atoms with van der Waals surface area (Å²) in [6.07, 6.45) is 9.07. The van der Waals surface area contributed by atoms with Gasteiger partial charge in [-0.2, -0.15) is 0 Å². The van der Waals surface area contributed by atoms with Crippen molar-refractivity contribution in [1.82, 2.24) is 0 Å². The normalized spacial score (nSPS) is 18.5. The minimum absolute atomic E-state index is 0.415. The minimum atomic E-state index is 0.415. The molecule has 0 saturated heterocycles. The van der Waals surface area contributed by atoms with Gasteiger partial charge in [-0.3, -0.25) is 0 Å². The van der Waals surface area contributed by atoms with Crippen molar-refractivity contribution in [3.05, 3.63) is 30.3 Å². The first-order chi connectivity index (χ1) is 8.85. The van der Waals surface area contributed by atoms with Gasteiger partial charge in [-0.25, -0.2) is 0 Å². The second kappa shape index (κ2) is 6.79. The van der Waals surface area contributed by atoms with E-state index in [9.17, 15) is 0 Å². The number of nitrogens with two attached hydrogens (primary N) is 1. The van der Waals surface area contributed by atoms with Crippen LogP contribution in [0.3, 0.4) is 0 Å². The van der Waals surface area contributed by atoms with Crippen molar-refractivity contribution in [2.24, 2.45) is 11.1 Å². The van der Waals surface area contributed by atoms with Crippen molar-refractivity contribution < 1.29 is 4.74 Å². The molecule has 1 saturated carbocycles. The maximum absolute atomic E-state index is 5.99. The van der Waals surface area contributed by atoms with E-state index in [1.54, 1.807) is 0 Å². The second-order valence-electron chi connectivity index (χ2n) is 5.53. The molecular formula is C16H25NO. The highest BCUT2D eigenvalue weighted by Gasteiger charge is 2.29. The number of para-hydroxylation sites is 1. The number of ether oxygens (including phenoxy) is 1. The van der Waals surface area contributed by atoms with Crippen molar-refractivity contribution in [3.8, 4) is 5.75 Å². The van der Waals surface area contributed by atoms with Crippen molar-refractivity contribution in [3.63, 3.8) is 0 Å². The first kappa shape index (κ1) is 13.4. The lowest BCUT2D eigenvalue weighted by Crippen LogP contribution is -2.33. The van der Waals surface area contributed by atoms with Crippen LogP contribution in [0.2, 0.25) is 0 Å². The summed E-state index contributed by atoms with van der Waals surface area (Å²) in [5, 5.41) is 0. The Morgan fingerprint density at radius 2 is 1.78 bits per heavy atom. The van der Waals surface area contributed by atoms with E-state index in [0.29, 0.717) is 5.41 Å². The van der Waals surface area contributed by atoms with Crippen LogP contribution in [0.5, 0.6) is 5.75 Å². The molecule has 1 aliphatic rings. The van der Waals surface area contributed by atoms with E-state index in [0.717, 1.165) is 25.3 Å². The predicted octanol–water partition coefficient (Wildman–Crippen LogP) is 3.75. The van der Waals surface area contributed by atoms with Crippen LogP contribution in [0.4, 0.5) is 0 Å². The van der Waals surface area contributed by atoms with Crippen molar-refractivity contribution in [1.29, 1.82) is 0 Å². The molecule has 2 rings (SSSR count). The Morgan fingerprint density at radius 3 is 2.44 bits per heavy atom. The molecule has 0 aliphatic heterocycles.